The SMILES string of the molecule is O=C(O)c1noc2c1CN(Cc1ccccc1)C2. The number of nitrogens with zero attached hydrogens (tertiary/aromatic N) is 2. The average molecular weight is 244 g/mol. The van der Waals surface area contributed by atoms with Crippen LogP contribution >= 0.6 is 0 Å². The smallest absolute Gasteiger partial charge is 0.358 e. The molecule has 0 unspecified atom stereocenters. The zero-order valence-electron chi connectivity index (χ0n) is 9.67. The van der Waals surface area contributed by atoms with E-state index in [1.807, 2.05) is 18.2 Å². The number of aromatic carboxylic acids is 1. The molecule has 1 aliphatic rings. The summed E-state index contributed by atoms with van der Waals surface area (Å²) in [6.07, 6.45) is 0. The van der Waals surface area contributed by atoms with E-state index in [4.69, 9.17) is 9.63 Å². The molecule has 1 aliphatic heterocycles. The van der Waals surface area contributed by atoms with Gasteiger partial charge < -0.3 is 9.63 Å². The van der Waals surface area contributed by atoms with E-state index in [-0.39, 0.29) is 5.69 Å². The van der Waals surface area contributed by atoms with Crippen molar-refractivity contribution in [2.24, 2.45) is 0 Å². The van der Waals surface area contributed by atoms with Crippen LogP contribution in [0.1, 0.15) is 27.4 Å². The number of carbonyl (C=O) groups is 1. The van der Waals surface area contributed by atoms with Gasteiger partial charge in [-0.25, -0.2) is 4.79 Å². The van der Waals surface area contributed by atoms with Gasteiger partial charge in [-0.05, 0) is 5.56 Å². The highest BCUT2D eigenvalue weighted by atomic mass is 16.5. The first-order chi connectivity index (χ1) is 8.74. The van der Waals surface area contributed by atoms with Gasteiger partial charge in [0.25, 0.3) is 0 Å². The maximum absolute atomic E-state index is 10.9. The molecule has 0 amide bonds. The number of rotatable bonds is 3. The molecule has 0 saturated heterocycles. The maximum atomic E-state index is 10.9. The third kappa shape index (κ3) is 1.89. The normalized spacial score (nSPS) is 14.7. The van der Waals surface area contributed by atoms with Crippen LogP contribution in [-0.4, -0.2) is 21.1 Å². The molecule has 0 fully saturated rings. The van der Waals surface area contributed by atoms with Crippen molar-refractivity contribution >= 4 is 5.97 Å². The molecule has 0 saturated carbocycles. The topological polar surface area (TPSA) is 66.6 Å². The van der Waals surface area contributed by atoms with Crippen molar-refractivity contribution in [3.8, 4) is 0 Å². The molecule has 0 bridgehead atoms. The Morgan fingerprint density at radius 3 is 2.83 bits per heavy atom. The van der Waals surface area contributed by atoms with Crippen LogP contribution in [0.4, 0.5) is 0 Å². The van der Waals surface area contributed by atoms with Gasteiger partial charge in [0.15, 0.2) is 11.5 Å². The van der Waals surface area contributed by atoms with Gasteiger partial charge in [-0.15, -0.1) is 0 Å². The Hall–Kier alpha value is -2.14. The van der Waals surface area contributed by atoms with E-state index in [2.05, 4.69) is 22.2 Å². The summed E-state index contributed by atoms with van der Waals surface area (Å²) >= 11 is 0. The quantitative estimate of drug-likeness (QED) is 0.893. The van der Waals surface area contributed by atoms with E-state index >= 15 is 0 Å². The Balaban J connectivity index is 1.75. The summed E-state index contributed by atoms with van der Waals surface area (Å²) in [5.74, 6) is -0.357. The highest BCUT2D eigenvalue weighted by Crippen LogP contribution is 2.27. The molecule has 1 aromatic heterocycles. The van der Waals surface area contributed by atoms with E-state index in [1.54, 1.807) is 0 Å². The van der Waals surface area contributed by atoms with Gasteiger partial charge in [-0.1, -0.05) is 35.5 Å². The second-order valence-corrected chi connectivity index (χ2v) is 4.37. The zero-order valence-corrected chi connectivity index (χ0v) is 9.67. The lowest BCUT2D eigenvalue weighted by atomic mass is 10.2. The molecule has 1 aromatic carbocycles. The Labute approximate surface area is 104 Å². The maximum Gasteiger partial charge on any atom is 0.358 e. The lowest BCUT2D eigenvalue weighted by Crippen LogP contribution is -2.16. The number of hydrogen-bond acceptors (Lipinski definition) is 4. The number of fused-ring (bicyclic) bond motifs is 1. The van der Waals surface area contributed by atoms with Crippen LogP contribution < -0.4 is 0 Å². The Bertz CT molecular complexity index is 577. The summed E-state index contributed by atoms with van der Waals surface area (Å²) < 4.78 is 5.06. The predicted octanol–water partition coefficient (Wildman–Crippen LogP) is 1.89. The molecule has 18 heavy (non-hydrogen) atoms. The summed E-state index contributed by atoms with van der Waals surface area (Å²) in [6.45, 7) is 1.98. The van der Waals surface area contributed by atoms with Crippen molar-refractivity contribution in [1.82, 2.24) is 10.1 Å². The molecule has 3 rings (SSSR count). The van der Waals surface area contributed by atoms with Crippen molar-refractivity contribution in [2.45, 2.75) is 19.6 Å². The van der Waals surface area contributed by atoms with Gasteiger partial charge in [-0.3, -0.25) is 4.90 Å². The molecular weight excluding hydrogens is 232 g/mol. The van der Waals surface area contributed by atoms with Crippen LogP contribution in [0.15, 0.2) is 34.9 Å². The van der Waals surface area contributed by atoms with Crippen LogP contribution in [0, 0.1) is 0 Å². The third-order valence-electron chi connectivity index (χ3n) is 3.07. The molecule has 1 N–H and O–H groups in total. The van der Waals surface area contributed by atoms with Crippen LogP contribution in [-0.2, 0) is 19.6 Å². The molecule has 0 atom stereocenters. The fourth-order valence-corrected chi connectivity index (χ4v) is 2.23. The van der Waals surface area contributed by atoms with Gasteiger partial charge in [0.05, 0.1) is 6.54 Å². The van der Waals surface area contributed by atoms with E-state index in [0.29, 0.717) is 24.4 Å². The van der Waals surface area contributed by atoms with Gasteiger partial charge >= 0.3 is 5.97 Å². The summed E-state index contributed by atoms with van der Waals surface area (Å²) in [6, 6.07) is 10.1. The molecule has 5 heteroatoms. The highest BCUT2D eigenvalue weighted by molar-refractivity contribution is 5.87. The lowest BCUT2D eigenvalue weighted by Gasteiger charge is -2.14. The third-order valence-corrected chi connectivity index (χ3v) is 3.07. The minimum atomic E-state index is -1.03. The van der Waals surface area contributed by atoms with Crippen LogP contribution in [0.5, 0.6) is 0 Å². The van der Waals surface area contributed by atoms with Gasteiger partial charge in [0.2, 0.25) is 0 Å². The standard InChI is InChI=1S/C13H12N2O3/c16-13(17)12-10-7-15(8-11(10)18-14-12)6-9-4-2-1-3-5-9/h1-5H,6-8H2,(H,16,17). The van der Waals surface area contributed by atoms with E-state index in [1.165, 1.54) is 5.56 Å². The summed E-state index contributed by atoms with van der Waals surface area (Å²) in [5, 5.41) is 12.6. The molecule has 2 heterocycles. The molecule has 0 radical (unpaired) electrons. The number of benzene rings is 1. The van der Waals surface area contributed by atoms with Crippen molar-refractivity contribution < 1.29 is 14.4 Å². The molecule has 0 aliphatic carbocycles. The second-order valence-electron chi connectivity index (χ2n) is 4.37. The van der Waals surface area contributed by atoms with Crippen LogP contribution in [0.3, 0.4) is 0 Å². The first-order valence-electron chi connectivity index (χ1n) is 5.71. The lowest BCUT2D eigenvalue weighted by molar-refractivity contribution is 0.0682. The van der Waals surface area contributed by atoms with E-state index in [9.17, 15) is 4.79 Å². The molecule has 5 nitrogen and oxygen atoms in total. The summed E-state index contributed by atoms with van der Waals surface area (Å²) in [4.78, 5) is 13.1. The average Bonchev–Trinajstić information content (AvgIpc) is 2.89. The van der Waals surface area contributed by atoms with Gasteiger partial charge in [-0.2, -0.15) is 0 Å². The largest absolute Gasteiger partial charge is 0.476 e. The first kappa shape index (κ1) is 11.0. The van der Waals surface area contributed by atoms with Crippen molar-refractivity contribution in [3.63, 3.8) is 0 Å². The molecule has 2 aromatic rings. The van der Waals surface area contributed by atoms with Crippen molar-refractivity contribution in [2.75, 3.05) is 0 Å². The fourth-order valence-electron chi connectivity index (χ4n) is 2.23. The number of aromatic nitrogens is 1. The molecular formula is C13H12N2O3. The monoisotopic (exact) mass is 244 g/mol. The Morgan fingerprint density at radius 1 is 1.33 bits per heavy atom. The van der Waals surface area contributed by atoms with Crippen LogP contribution in [0.2, 0.25) is 0 Å². The van der Waals surface area contributed by atoms with Gasteiger partial charge in [0, 0.05) is 18.7 Å². The molecule has 0 spiro atoms. The van der Waals surface area contributed by atoms with Crippen molar-refractivity contribution in [3.05, 3.63) is 52.9 Å². The Morgan fingerprint density at radius 2 is 2.11 bits per heavy atom. The first-order valence-corrected chi connectivity index (χ1v) is 5.71. The van der Waals surface area contributed by atoms with Crippen LogP contribution in [0.25, 0.3) is 0 Å². The predicted molar refractivity (Wildman–Crippen MR) is 62.9 cm³/mol. The fraction of sp³-hybridized carbons (Fsp3) is 0.231. The summed E-state index contributed by atoms with van der Waals surface area (Å²) in [5.41, 5.74) is 1.95. The zero-order chi connectivity index (χ0) is 12.5. The number of hydrogen-bond donors (Lipinski definition) is 1. The second kappa shape index (κ2) is 4.27. The summed E-state index contributed by atoms with van der Waals surface area (Å²) in [7, 11) is 0. The Kier molecular flexibility index (Phi) is 2.60. The van der Waals surface area contributed by atoms with E-state index in [0.717, 1.165) is 6.54 Å². The van der Waals surface area contributed by atoms with Crippen molar-refractivity contribution in [1.29, 1.82) is 0 Å². The number of carboxylic acid groups (broad SMARTS) is 1. The highest BCUT2D eigenvalue weighted by Gasteiger charge is 2.29. The number of carboxylic acids is 1. The van der Waals surface area contributed by atoms with E-state index < -0.39 is 5.97 Å². The minimum absolute atomic E-state index is 0.0422. The van der Waals surface area contributed by atoms with Gasteiger partial charge in [0.1, 0.15) is 0 Å². The molecule has 92 valence electrons. The minimum Gasteiger partial charge on any atom is -0.476 e.